The maximum Gasteiger partial charge on any atom is 0.317 e. The Labute approximate surface area is 141 Å². The molecule has 0 radical (unpaired) electrons. The minimum atomic E-state index is -0.427. The summed E-state index contributed by atoms with van der Waals surface area (Å²) in [6, 6.07) is 5.07. The van der Waals surface area contributed by atoms with E-state index >= 15 is 0 Å². The summed E-state index contributed by atoms with van der Waals surface area (Å²) in [6.45, 7) is 2.26. The van der Waals surface area contributed by atoms with Crippen molar-refractivity contribution in [2.24, 2.45) is 5.92 Å². The van der Waals surface area contributed by atoms with E-state index in [4.69, 9.17) is 23.2 Å². The van der Waals surface area contributed by atoms with Gasteiger partial charge >= 0.3 is 6.03 Å². The highest BCUT2D eigenvalue weighted by Crippen LogP contribution is 2.32. The average molecular weight is 345 g/mol. The fourth-order valence-corrected chi connectivity index (χ4v) is 2.95. The van der Waals surface area contributed by atoms with Crippen molar-refractivity contribution < 1.29 is 9.90 Å². The molecule has 22 heavy (non-hydrogen) atoms. The lowest BCUT2D eigenvalue weighted by Crippen LogP contribution is -2.45. The number of nitrogens with zero attached hydrogens (tertiary/aromatic N) is 1. The van der Waals surface area contributed by atoms with E-state index in [2.05, 4.69) is 5.32 Å². The van der Waals surface area contributed by atoms with Crippen LogP contribution in [0.3, 0.4) is 0 Å². The minimum Gasteiger partial charge on any atom is -0.391 e. The Hall–Kier alpha value is -0.970. The lowest BCUT2D eigenvalue weighted by atomic mass is 10.1. The molecular formula is C16H22Cl2N2O2. The number of benzene rings is 1. The third-order valence-corrected chi connectivity index (χ3v) is 4.62. The molecule has 1 aliphatic rings. The summed E-state index contributed by atoms with van der Waals surface area (Å²) in [6.07, 6.45) is 2.24. The summed E-state index contributed by atoms with van der Waals surface area (Å²) in [7, 11) is 1.69. The first-order chi connectivity index (χ1) is 10.4. The second kappa shape index (κ2) is 7.53. The van der Waals surface area contributed by atoms with Gasteiger partial charge in [-0.15, -0.1) is 0 Å². The van der Waals surface area contributed by atoms with E-state index in [-0.39, 0.29) is 12.1 Å². The highest BCUT2D eigenvalue weighted by molar-refractivity contribution is 6.36. The second-order valence-electron chi connectivity index (χ2n) is 6.04. The molecule has 1 fully saturated rings. The third-order valence-electron chi connectivity index (χ3n) is 3.92. The molecule has 0 heterocycles. The standard InChI is InChI=1S/C16H22Cl2N2O2/c1-10(8-12-13(17)4-3-5-14(12)18)19-16(22)20(2)9-15(21)11-6-7-11/h3-5,10-11,15,21H,6-9H2,1-2H3,(H,19,22). The Bertz CT molecular complexity index is 515. The van der Waals surface area contributed by atoms with Gasteiger partial charge in [-0.1, -0.05) is 29.3 Å². The maximum atomic E-state index is 12.1. The fraction of sp³-hybridized carbons (Fsp3) is 0.562. The van der Waals surface area contributed by atoms with Gasteiger partial charge in [-0.2, -0.15) is 0 Å². The van der Waals surface area contributed by atoms with Crippen molar-refractivity contribution in [1.82, 2.24) is 10.2 Å². The van der Waals surface area contributed by atoms with Crippen LogP contribution in [-0.4, -0.2) is 41.8 Å². The molecule has 6 heteroatoms. The van der Waals surface area contributed by atoms with Gasteiger partial charge in [-0.25, -0.2) is 4.79 Å². The number of likely N-dealkylation sites (N-methyl/N-ethyl adjacent to an activating group) is 1. The Morgan fingerprint density at radius 3 is 2.55 bits per heavy atom. The minimum absolute atomic E-state index is 0.106. The van der Waals surface area contributed by atoms with E-state index in [9.17, 15) is 9.90 Å². The van der Waals surface area contributed by atoms with Crippen LogP contribution in [0.5, 0.6) is 0 Å². The van der Waals surface area contributed by atoms with E-state index in [0.29, 0.717) is 28.9 Å². The number of carbonyl (C=O) groups excluding carboxylic acids is 1. The van der Waals surface area contributed by atoms with Crippen LogP contribution in [0.1, 0.15) is 25.3 Å². The molecule has 2 unspecified atom stereocenters. The van der Waals surface area contributed by atoms with Crippen molar-refractivity contribution in [3.05, 3.63) is 33.8 Å². The van der Waals surface area contributed by atoms with Crippen molar-refractivity contribution in [3.8, 4) is 0 Å². The molecule has 1 aromatic carbocycles. The molecule has 0 saturated heterocycles. The number of hydrogen-bond donors (Lipinski definition) is 2. The van der Waals surface area contributed by atoms with Gasteiger partial charge < -0.3 is 15.3 Å². The van der Waals surface area contributed by atoms with Crippen molar-refractivity contribution >= 4 is 29.2 Å². The van der Waals surface area contributed by atoms with Gasteiger partial charge in [0.1, 0.15) is 0 Å². The van der Waals surface area contributed by atoms with Gasteiger partial charge in [0.15, 0.2) is 0 Å². The van der Waals surface area contributed by atoms with E-state index in [0.717, 1.165) is 18.4 Å². The third kappa shape index (κ3) is 4.77. The number of aliphatic hydroxyl groups is 1. The first-order valence-corrected chi connectivity index (χ1v) is 8.26. The molecule has 0 aromatic heterocycles. The van der Waals surface area contributed by atoms with E-state index in [1.54, 1.807) is 25.2 Å². The number of carbonyl (C=O) groups is 1. The average Bonchev–Trinajstić information content (AvgIpc) is 3.27. The smallest absolute Gasteiger partial charge is 0.317 e. The van der Waals surface area contributed by atoms with Crippen LogP contribution in [0.15, 0.2) is 18.2 Å². The zero-order valence-corrected chi connectivity index (χ0v) is 14.4. The fourth-order valence-electron chi connectivity index (χ4n) is 2.40. The molecule has 2 rings (SSSR count). The summed E-state index contributed by atoms with van der Waals surface area (Å²) in [4.78, 5) is 13.7. The number of amides is 2. The first-order valence-electron chi connectivity index (χ1n) is 7.51. The summed E-state index contributed by atoms with van der Waals surface area (Å²) in [5.74, 6) is 0.356. The molecule has 2 N–H and O–H groups in total. The van der Waals surface area contributed by atoms with Crippen LogP contribution in [-0.2, 0) is 6.42 Å². The number of urea groups is 1. The largest absolute Gasteiger partial charge is 0.391 e. The summed E-state index contributed by atoms with van der Waals surface area (Å²) in [5, 5.41) is 14.0. The van der Waals surface area contributed by atoms with Gasteiger partial charge in [0, 0.05) is 29.7 Å². The number of rotatable bonds is 6. The quantitative estimate of drug-likeness (QED) is 0.831. The second-order valence-corrected chi connectivity index (χ2v) is 6.85. The highest BCUT2D eigenvalue weighted by Gasteiger charge is 2.31. The molecule has 122 valence electrons. The van der Waals surface area contributed by atoms with E-state index < -0.39 is 6.10 Å². The van der Waals surface area contributed by atoms with E-state index in [1.165, 1.54) is 4.90 Å². The molecule has 2 amide bonds. The van der Waals surface area contributed by atoms with Gasteiger partial charge in [-0.05, 0) is 49.8 Å². The highest BCUT2D eigenvalue weighted by atomic mass is 35.5. The summed E-state index contributed by atoms with van der Waals surface area (Å²) < 4.78 is 0. The number of halogens is 2. The Balaban J connectivity index is 1.85. The molecule has 1 aliphatic carbocycles. The molecule has 0 bridgehead atoms. The monoisotopic (exact) mass is 344 g/mol. The normalized spacial score (nSPS) is 17.0. The van der Waals surface area contributed by atoms with Crippen molar-refractivity contribution in [3.63, 3.8) is 0 Å². The lowest BCUT2D eigenvalue weighted by Gasteiger charge is -2.24. The Morgan fingerprint density at radius 2 is 2.00 bits per heavy atom. The van der Waals surface area contributed by atoms with Crippen molar-refractivity contribution in [2.45, 2.75) is 38.3 Å². The lowest BCUT2D eigenvalue weighted by molar-refractivity contribution is 0.112. The SMILES string of the molecule is CC(Cc1c(Cl)cccc1Cl)NC(=O)N(C)CC(O)C1CC1. The van der Waals surface area contributed by atoms with Gasteiger partial charge in [0.25, 0.3) is 0 Å². The number of hydrogen-bond acceptors (Lipinski definition) is 2. The van der Waals surface area contributed by atoms with Crippen LogP contribution >= 0.6 is 23.2 Å². The predicted octanol–water partition coefficient (Wildman–Crippen LogP) is 3.34. The van der Waals surface area contributed by atoms with Crippen LogP contribution in [0.4, 0.5) is 4.79 Å². The summed E-state index contributed by atoms with van der Waals surface area (Å²) in [5.41, 5.74) is 0.833. The van der Waals surface area contributed by atoms with Crippen LogP contribution in [0, 0.1) is 5.92 Å². The van der Waals surface area contributed by atoms with Gasteiger partial charge in [-0.3, -0.25) is 0 Å². The Morgan fingerprint density at radius 1 is 1.41 bits per heavy atom. The van der Waals surface area contributed by atoms with Crippen molar-refractivity contribution in [2.75, 3.05) is 13.6 Å². The molecule has 0 aliphatic heterocycles. The van der Waals surface area contributed by atoms with E-state index in [1.807, 2.05) is 6.92 Å². The van der Waals surface area contributed by atoms with Crippen molar-refractivity contribution in [1.29, 1.82) is 0 Å². The van der Waals surface area contributed by atoms with Gasteiger partial charge in [0.05, 0.1) is 6.10 Å². The molecule has 4 nitrogen and oxygen atoms in total. The topological polar surface area (TPSA) is 52.6 Å². The zero-order chi connectivity index (χ0) is 16.3. The molecular weight excluding hydrogens is 323 g/mol. The predicted molar refractivity (Wildman–Crippen MR) is 89.5 cm³/mol. The zero-order valence-electron chi connectivity index (χ0n) is 12.9. The Kier molecular flexibility index (Phi) is 5.95. The first kappa shape index (κ1) is 17.4. The number of aliphatic hydroxyl groups excluding tert-OH is 1. The van der Waals surface area contributed by atoms with Gasteiger partial charge in [0.2, 0.25) is 0 Å². The maximum absolute atomic E-state index is 12.1. The summed E-state index contributed by atoms with van der Waals surface area (Å²) >= 11 is 12.3. The van der Waals surface area contributed by atoms with Crippen LogP contribution in [0.2, 0.25) is 10.0 Å². The molecule has 2 atom stereocenters. The van der Waals surface area contributed by atoms with Crippen LogP contribution < -0.4 is 5.32 Å². The van der Waals surface area contributed by atoms with Crippen LogP contribution in [0.25, 0.3) is 0 Å². The number of nitrogens with one attached hydrogen (secondary N) is 1. The molecule has 1 aromatic rings. The molecule has 1 saturated carbocycles. The molecule has 0 spiro atoms.